The molecule has 3 heterocycles. The van der Waals surface area contributed by atoms with Crippen LogP contribution in [0.1, 0.15) is 60.5 Å². The Morgan fingerprint density at radius 1 is 1.15 bits per heavy atom. The molecule has 6 nitrogen and oxygen atoms in total. The molecule has 2 aromatic rings. The van der Waals surface area contributed by atoms with Gasteiger partial charge in [-0.3, -0.25) is 4.79 Å². The number of fused-ring (bicyclic) bond motifs is 1. The average Bonchev–Trinajstić information content (AvgIpc) is 3.12. The summed E-state index contributed by atoms with van der Waals surface area (Å²) >= 11 is 1.42. The zero-order valence-corrected chi connectivity index (χ0v) is 20.7. The Morgan fingerprint density at radius 3 is 2.59 bits per heavy atom. The third-order valence-corrected chi connectivity index (χ3v) is 8.05. The van der Waals surface area contributed by atoms with Crippen molar-refractivity contribution < 1.29 is 18.3 Å². The van der Waals surface area contributed by atoms with E-state index in [1.54, 1.807) is 12.4 Å². The van der Waals surface area contributed by atoms with Gasteiger partial charge in [-0.15, -0.1) is 0 Å². The largest absolute Gasteiger partial charge is 0.464 e. The Labute approximate surface area is 204 Å². The fourth-order valence-corrected chi connectivity index (χ4v) is 5.98. The third-order valence-electron chi connectivity index (χ3n) is 6.98. The van der Waals surface area contributed by atoms with Crippen molar-refractivity contribution in [2.75, 3.05) is 26.2 Å². The van der Waals surface area contributed by atoms with Crippen LogP contribution >= 0.6 is 11.3 Å². The van der Waals surface area contributed by atoms with Crippen molar-refractivity contribution >= 4 is 17.1 Å². The van der Waals surface area contributed by atoms with E-state index in [2.05, 4.69) is 19.9 Å². The summed E-state index contributed by atoms with van der Waals surface area (Å²) in [5.41, 5.74) is 1.92. The molecule has 0 unspecified atom stereocenters. The number of aromatic nitrogens is 3. The molecule has 0 spiro atoms. The predicted octanol–water partition coefficient (Wildman–Crippen LogP) is 4.68. The highest BCUT2D eigenvalue weighted by Crippen LogP contribution is 2.34. The van der Waals surface area contributed by atoms with Crippen LogP contribution in [0.15, 0.2) is 12.4 Å². The summed E-state index contributed by atoms with van der Waals surface area (Å²) in [6.45, 7) is 4.29. The maximum absolute atomic E-state index is 12.5. The van der Waals surface area contributed by atoms with Gasteiger partial charge in [-0.1, -0.05) is 24.2 Å². The molecular formula is C25H34F2N4O2S. The van der Waals surface area contributed by atoms with E-state index in [0.717, 1.165) is 68.3 Å². The topological polar surface area (TPSA) is 68.2 Å². The van der Waals surface area contributed by atoms with E-state index in [1.165, 1.54) is 35.5 Å². The second kappa shape index (κ2) is 12.1. The van der Waals surface area contributed by atoms with Crippen LogP contribution in [0.25, 0.3) is 0 Å². The summed E-state index contributed by atoms with van der Waals surface area (Å²) in [7, 11) is 0. The van der Waals surface area contributed by atoms with Gasteiger partial charge >= 0.3 is 0 Å². The van der Waals surface area contributed by atoms with Crippen molar-refractivity contribution in [2.45, 2.75) is 71.1 Å². The highest BCUT2D eigenvalue weighted by molar-refractivity contribution is 7.13. The van der Waals surface area contributed by atoms with Crippen LogP contribution in [-0.2, 0) is 24.1 Å². The first-order chi connectivity index (χ1) is 16.4. The van der Waals surface area contributed by atoms with Crippen molar-refractivity contribution in [3.63, 3.8) is 0 Å². The Balaban J connectivity index is 1.13. The van der Waals surface area contributed by atoms with Crippen LogP contribution in [-0.4, -0.2) is 58.3 Å². The fraction of sp³-hybridized carbons (Fsp3) is 0.680. The third kappa shape index (κ3) is 7.50. The van der Waals surface area contributed by atoms with Crippen LogP contribution in [0.5, 0.6) is 5.19 Å². The maximum Gasteiger partial charge on any atom is 0.273 e. The number of ether oxygens (including phenoxy) is 1. The lowest BCUT2D eigenvalue weighted by molar-refractivity contribution is -0.119. The number of carbonyl (C=O) groups is 1. The molecule has 1 saturated carbocycles. The molecule has 0 bridgehead atoms. The van der Waals surface area contributed by atoms with Crippen molar-refractivity contribution in [1.29, 1.82) is 0 Å². The van der Waals surface area contributed by atoms with Gasteiger partial charge in [0.05, 0.1) is 5.69 Å². The Bertz CT molecular complexity index is 904. The van der Waals surface area contributed by atoms with Gasteiger partial charge in [0.15, 0.2) is 6.61 Å². The Kier molecular flexibility index (Phi) is 8.94. The molecule has 9 heteroatoms. The first kappa shape index (κ1) is 25.1. The second-order valence-corrected chi connectivity index (χ2v) is 10.7. The molecule has 0 atom stereocenters. The lowest BCUT2D eigenvalue weighted by Crippen LogP contribution is -2.30. The van der Waals surface area contributed by atoms with E-state index in [1.807, 2.05) is 6.92 Å². The van der Waals surface area contributed by atoms with Gasteiger partial charge in [0.1, 0.15) is 11.6 Å². The van der Waals surface area contributed by atoms with E-state index in [9.17, 15) is 13.6 Å². The van der Waals surface area contributed by atoms with Crippen LogP contribution in [0.4, 0.5) is 8.78 Å². The molecule has 0 aromatic carbocycles. The van der Waals surface area contributed by atoms with Crippen molar-refractivity contribution in [3.8, 4) is 5.19 Å². The minimum Gasteiger partial charge on any atom is -0.464 e. The Morgan fingerprint density at radius 2 is 1.85 bits per heavy atom. The van der Waals surface area contributed by atoms with E-state index < -0.39 is 13.0 Å². The van der Waals surface area contributed by atoms with E-state index >= 15 is 0 Å². The summed E-state index contributed by atoms with van der Waals surface area (Å²) in [5.74, 6) is 2.27. The first-order valence-electron chi connectivity index (χ1n) is 12.4. The number of ketones is 1. The number of aryl methyl sites for hydroxylation is 1. The number of halogens is 2. The molecular weight excluding hydrogens is 458 g/mol. The number of thiazole rings is 1. The van der Waals surface area contributed by atoms with Gasteiger partial charge in [0, 0.05) is 49.6 Å². The molecule has 0 amide bonds. The fourth-order valence-electron chi connectivity index (χ4n) is 5.03. The van der Waals surface area contributed by atoms with E-state index in [-0.39, 0.29) is 0 Å². The van der Waals surface area contributed by atoms with Crippen molar-refractivity contribution in [2.24, 2.45) is 11.8 Å². The molecule has 1 aliphatic heterocycles. The summed E-state index contributed by atoms with van der Waals surface area (Å²) in [6.07, 6.45) is 9.82. The molecule has 34 heavy (non-hydrogen) atoms. The number of hydrogen-bond acceptors (Lipinski definition) is 7. The first-order valence-corrected chi connectivity index (χ1v) is 13.2. The summed E-state index contributed by atoms with van der Waals surface area (Å²) < 4.78 is 29.8. The highest BCUT2D eigenvalue weighted by atomic mass is 32.1. The van der Waals surface area contributed by atoms with Crippen LogP contribution < -0.4 is 4.74 Å². The minimum atomic E-state index is -2.47. The zero-order valence-electron chi connectivity index (χ0n) is 19.8. The molecule has 2 aromatic heterocycles. The van der Waals surface area contributed by atoms with E-state index in [0.29, 0.717) is 29.7 Å². The molecule has 0 N–H and O–H groups in total. The van der Waals surface area contributed by atoms with Gasteiger partial charge in [-0.05, 0) is 56.6 Å². The summed E-state index contributed by atoms with van der Waals surface area (Å²) in [4.78, 5) is 28.9. The predicted molar refractivity (Wildman–Crippen MR) is 128 cm³/mol. The maximum atomic E-state index is 12.5. The number of hydrogen-bond donors (Lipinski definition) is 0. The number of carbonyl (C=O) groups excluding carboxylic acids is 1. The standard InChI is InChI=1S/C25H34F2N4O2S/c1-17-28-14-20(15-29-17)13-21(32)12-19-4-2-18(3-5-19)6-9-31-10-7-22-23(8-11-31)34-25(30-22)33-16-24(26)27/h14-15,18-19,24H,2-13,16H2,1H3. The SMILES string of the molecule is Cc1ncc(CC(=O)CC2CCC(CCN3CCc4nc(OCC(F)F)sc4CC3)CC2)cn1. The van der Waals surface area contributed by atoms with Gasteiger partial charge in [-0.25, -0.2) is 23.7 Å². The normalized spacial score (nSPS) is 21.3. The van der Waals surface area contributed by atoms with Crippen molar-refractivity contribution in [1.82, 2.24) is 19.9 Å². The monoisotopic (exact) mass is 492 g/mol. The quantitative estimate of drug-likeness (QED) is 0.480. The average molecular weight is 493 g/mol. The van der Waals surface area contributed by atoms with Crippen LogP contribution in [0.2, 0.25) is 0 Å². The lowest BCUT2D eigenvalue weighted by Gasteiger charge is -2.30. The zero-order chi connectivity index (χ0) is 23.9. The molecule has 186 valence electrons. The molecule has 1 fully saturated rings. The van der Waals surface area contributed by atoms with Gasteiger partial charge in [0.2, 0.25) is 0 Å². The summed E-state index contributed by atoms with van der Waals surface area (Å²) in [5, 5.41) is 0.376. The summed E-state index contributed by atoms with van der Waals surface area (Å²) in [6, 6.07) is 0. The Hall–Kier alpha value is -2.00. The minimum absolute atomic E-state index is 0.296. The van der Waals surface area contributed by atoms with Crippen molar-refractivity contribution in [3.05, 3.63) is 34.4 Å². The molecule has 1 aliphatic carbocycles. The molecule has 2 aliphatic rings. The smallest absolute Gasteiger partial charge is 0.273 e. The van der Waals surface area contributed by atoms with Crippen LogP contribution in [0, 0.1) is 18.8 Å². The van der Waals surface area contributed by atoms with Gasteiger partial charge in [-0.2, -0.15) is 0 Å². The molecule has 0 saturated heterocycles. The second-order valence-electron chi connectivity index (χ2n) is 9.63. The lowest BCUT2D eigenvalue weighted by atomic mass is 9.78. The number of alkyl halides is 2. The highest BCUT2D eigenvalue weighted by Gasteiger charge is 2.25. The number of Topliss-reactive ketones (excluding diaryl/α,β-unsaturated/α-hetero) is 1. The molecule has 4 rings (SSSR count). The van der Waals surface area contributed by atoms with Gasteiger partial charge in [0.25, 0.3) is 11.6 Å². The number of rotatable bonds is 10. The van der Waals surface area contributed by atoms with E-state index in [4.69, 9.17) is 4.74 Å². The number of nitrogens with zero attached hydrogens (tertiary/aromatic N) is 4. The van der Waals surface area contributed by atoms with Gasteiger partial charge < -0.3 is 9.64 Å². The van der Waals surface area contributed by atoms with Crippen LogP contribution in [0.3, 0.4) is 0 Å². The molecule has 0 radical (unpaired) electrons.